The first-order valence-electron chi connectivity index (χ1n) is 11.0. The molecule has 0 spiro atoms. The normalized spacial score (nSPS) is 14.7. The van der Waals surface area contributed by atoms with Crippen molar-refractivity contribution in [2.75, 3.05) is 26.2 Å². The van der Waals surface area contributed by atoms with Crippen molar-refractivity contribution >= 4 is 17.4 Å². The van der Waals surface area contributed by atoms with Crippen LogP contribution in [0.5, 0.6) is 5.75 Å². The first kappa shape index (κ1) is 21.9. The summed E-state index contributed by atoms with van der Waals surface area (Å²) in [6.07, 6.45) is 10.4. The number of halogens is 1. The highest BCUT2D eigenvalue weighted by Gasteiger charge is 2.10. The molecule has 156 valence electrons. The van der Waals surface area contributed by atoms with Gasteiger partial charge in [-0.05, 0) is 93.8 Å². The van der Waals surface area contributed by atoms with Crippen LogP contribution in [0, 0.1) is 0 Å². The summed E-state index contributed by atoms with van der Waals surface area (Å²) in [4.78, 5) is 15.1. The van der Waals surface area contributed by atoms with Gasteiger partial charge in [0.2, 0.25) is 0 Å². The van der Waals surface area contributed by atoms with Gasteiger partial charge in [-0.3, -0.25) is 4.79 Å². The van der Waals surface area contributed by atoms with Gasteiger partial charge in [-0.15, -0.1) is 0 Å². The number of likely N-dealkylation sites (tertiary alicyclic amines) is 1. The molecule has 0 radical (unpaired) electrons. The van der Waals surface area contributed by atoms with Crippen molar-refractivity contribution in [2.24, 2.45) is 0 Å². The number of benzene rings is 2. The SMILES string of the molecule is O=C(c1ccc(Cl)cc1)c1ccc(OCCCCCCCN2CCCCC2)cc1. The summed E-state index contributed by atoms with van der Waals surface area (Å²) in [6.45, 7) is 4.62. The molecule has 1 aliphatic rings. The molecule has 2 aromatic rings. The quantitative estimate of drug-likeness (QED) is 0.316. The first-order valence-corrected chi connectivity index (χ1v) is 11.4. The molecule has 0 saturated carbocycles. The topological polar surface area (TPSA) is 29.5 Å². The van der Waals surface area contributed by atoms with Gasteiger partial charge in [-0.1, -0.05) is 37.3 Å². The molecule has 2 aromatic carbocycles. The van der Waals surface area contributed by atoms with E-state index in [1.807, 2.05) is 24.3 Å². The van der Waals surface area contributed by atoms with E-state index in [0.29, 0.717) is 16.1 Å². The maximum Gasteiger partial charge on any atom is 0.193 e. The highest BCUT2D eigenvalue weighted by Crippen LogP contribution is 2.18. The molecule has 29 heavy (non-hydrogen) atoms. The van der Waals surface area contributed by atoms with Crippen LogP contribution in [0.25, 0.3) is 0 Å². The molecule has 1 saturated heterocycles. The molecule has 3 rings (SSSR count). The molecule has 0 atom stereocenters. The zero-order valence-electron chi connectivity index (χ0n) is 17.2. The summed E-state index contributed by atoms with van der Waals surface area (Å²) in [5.41, 5.74) is 1.30. The zero-order valence-corrected chi connectivity index (χ0v) is 18.0. The predicted molar refractivity (Wildman–Crippen MR) is 120 cm³/mol. The molecule has 0 aliphatic carbocycles. The summed E-state index contributed by atoms with van der Waals surface area (Å²) in [6, 6.07) is 14.4. The van der Waals surface area contributed by atoms with Crippen LogP contribution in [0.15, 0.2) is 48.5 Å². The van der Waals surface area contributed by atoms with Crippen molar-refractivity contribution in [3.63, 3.8) is 0 Å². The lowest BCUT2D eigenvalue weighted by Gasteiger charge is -2.26. The van der Waals surface area contributed by atoms with Gasteiger partial charge in [0.05, 0.1) is 6.61 Å². The summed E-state index contributed by atoms with van der Waals surface area (Å²) in [5.74, 6) is 0.820. The molecule has 1 heterocycles. The van der Waals surface area contributed by atoms with E-state index in [0.717, 1.165) is 18.8 Å². The van der Waals surface area contributed by atoms with Crippen molar-refractivity contribution < 1.29 is 9.53 Å². The number of carbonyl (C=O) groups excluding carboxylic acids is 1. The van der Waals surface area contributed by atoms with Crippen molar-refractivity contribution in [3.8, 4) is 5.75 Å². The molecule has 1 fully saturated rings. The van der Waals surface area contributed by atoms with E-state index in [1.165, 1.54) is 64.6 Å². The second-order valence-electron chi connectivity index (χ2n) is 7.88. The Balaban J connectivity index is 1.28. The fourth-order valence-corrected chi connectivity index (χ4v) is 3.94. The van der Waals surface area contributed by atoms with Crippen molar-refractivity contribution in [1.29, 1.82) is 0 Å². The third-order valence-electron chi connectivity index (χ3n) is 5.56. The van der Waals surface area contributed by atoms with Crippen LogP contribution in [0.4, 0.5) is 0 Å². The number of ether oxygens (including phenoxy) is 1. The van der Waals surface area contributed by atoms with E-state index in [2.05, 4.69) is 4.90 Å². The van der Waals surface area contributed by atoms with Crippen LogP contribution in [0.1, 0.15) is 67.3 Å². The Labute approximate surface area is 180 Å². The molecular weight excluding hydrogens is 382 g/mol. The summed E-state index contributed by atoms with van der Waals surface area (Å²) in [7, 11) is 0. The maximum absolute atomic E-state index is 12.5. The second kappa shape index (κ2) is 12.0. The van der Waals surface area contributed by atoms with Gasteiger partial charge in [0.25, 0.3) is 0 Å². The number of hydrogen-bond acceptors (Lipinski definition) is 3. The van der Waals surface area contributed by atoms with E-state index in [4.69, 9.17) is 16.3 Å². The molecule has 0 aromatic heterocycles. The fraction of sp³-hybridized carbons (Fsp3) is 0.480. The minimum atomic E-state index is -0.00206. The van der Waals surface area contributed by atoms with Gasteiger partial charge >= 0.3 is 0 Å². The number of ketones is 1. The molecule has 1 aliphatic heterocycles. The Morgan fingerprint density at radius 1 is 0.793 bits per heavy atom. The van der Waals surface area contributed by atoms with Gasteiger partial charge < -0.3 is 9.64 Å². The lowest BCUT2D eigenvalue weighted by Crippen LogP contribution is -2.30. The standard InChI is InChI=1S/C25H32ClNO2/c26-23-13-9-21(10-14-23)25(28)22-11-15-24(16-12-22)29-20-8-3-1-2-5-17-27-18-6-4-7-19-27/h9-16H,1-8,17-20H2. The van der Waals surface area contributed by atoms with Crippen LogP contribution in [0.2, 0.25) is 5.02 Å². The Bertz CT molecular complexity index is 736. The smallest absolute Gasteiger partial charge is 0.193 e. The minimum Gasteiger partial charge on any atom is -0.494 e. The Morgan fingerprint density at radius 3 is 2.07 bits per heavy atom. The lowest BCUT2D eigenvalue weighted by atomic mass is 10.0. The van der Waals surface area contributed by atoms with Gasteiger partial charge in [0, 0.05) is 16.1 Å². The van der Waals surface area contributed by atoms with Gasteiger partial charge in [-0.2, -0.15) is 0 Å². The van der Waals surface area contributed by atoms with Crippen molar-refractivity contribution in [3.05, 3.63) is 64.7 Å². The van der Waals surface area contributed by atoms with E-state index in [-0.39, 0.29) is 5.78 Å². The molecule has 0 unspecified atom stereocenters. The van der Waals surface area contributed by atoms with Crippen LogP contribution in [-0.4, -0.2) is 36.9 Å². The summed E-state index contributed by atoms with van der Waals surface area (Å²) in [5, 5.41) is 0.632. The fourth-order valence-electron chi connectivity index (χ4n) is 3.81. The van der Waals surface area contributed by atoms with Crippen LogP contribution >= 0.6 is 11.6 Å². The third kappa shape index (κ3) is 7.49. The third-order valence-corrected chi connectivity index (χ3v) is 5.81. The highest BCUT2D eigenvalue weighted by atomic mass is 35.5. The maximum atomic E-state index is 12.5. The number of rotatable bonds is 11. The molecule has 0 N–H and O–H groups in total. The Hall–Kier alpha value is -1.84. The second-order valence-corrected chi connectivity index (χ2v) is 8.32. The number of nitrogens with zero attached hydrogens (tertiary/aromatic N) is 1. The van der Waals surface area contributed by atoms with Crippen LogP contribution in [0.3, 0.4) is 0 Å². The van der Waals surface area contributed by atoms with Gasteiger partial charge in [-0.25, -0.2) is 0 Å². The number of piperidine rings is 1. The van der Waals surface area contributed by atoms with Gasteiger partial charge in [0.1, 0.15) is 5.75 Å². The van der Waals surface area contributed by atoms with Crippen LogP contribution in [-0.2, 0) is 0 Å². The monoisotopic (exact) mass is 413 g/mol. The van der Waals surface area contributed by atoms with E-state index >= 15 is 0 Å². The Kier molecular flexibility index (Phi) is 9.04. The lowest BCUT2D eigenvalue weighted by molar-refractivity contribution is 0.103. The zero-order chi connectivity index (χ0) is 20.3. The van der Waals surface area contributed by atoms with E-state index in [1.54, 1.807) is 24.3 Å². The number of unbranched alkanes of at least 4 members (excludes halogenated alkanes) is 4. The first-order chi connectivity index (χ1) is 14.2. The van der Waals surface area contributed by atoms with Gasteiger partial charge in [0.15, 0.2) is 5.78 Å². The Morgan fingerprint density at radius 2 is 1.38 bits per heavy atom. The average molecular weight is 414 g/mol. The van der Waals surface area contributed by atoms with Crippen molar-refractivity contribution in [1.82, 2.24) is 4.90 Å². The summed E-state index contributed by atoms with van der Waals surface area (Å²) >= 11 is 5.88. The predicted octanol–water partition coefficient (Wildman–Crippen LogP) is 6.39. The molecule has 3 nitrogen and oxygen atoms in total. The van der Waals surface area contributed by atoms with E-state index in [9.17, 15) is 4.79 Å². The highest BCUT2D eigenvalue weighted by molar-refractivity contribution is 6.30. The molecule has 4 heteroatoms. The molecule has 0 amide bonds. The van der Waals surface area contributed by atoms with E-state index < -0.39 is 0 Å². The number of hydrogen-bond donors (Lipinski definition) is 0. The van der Waals surface area contributed by atoms with Crippen LogP contribution < -0.4 is 4.74 Å². The molecular formula is C25H32ClNO2. The number of carbonyl (C=O) groups is 1. The average Bonchev–Trinajstić information content (AvgIpc) is 2.77. The van der Waals surface area contributed by atoms with Crippen molar-refractivity contribution in [2.45, 2.75) is 51.4 Å². The minimum absolute atomic E-state index is 0.00206. The molecule has 0 bridgehead atoms. The largest absolute Gasteiger partial charge is 0.494 e. The summed E-state index contributed by atoms with van der Waals surface area (Å²) < 4.78 is 5.83.